The highest BCUT2D eigenvalue weighted by Crippen LogP contribution is 2.17. The first-order valence-corrected chi connectivity index (χ1v) is 11.1. The Kier molecular flexibility index (Phi) is 10.3. The molecule has 204 valence electrons. The molecule has 0 spiro atoms. The van der Waals surface area contributed by atoms with E-state index in [9.17, 15) is 27.6 Å². The number of alkyl halides is 3. The van der Waals surface area contributed by atoms with E-state index in [4.69, 9.17) is 20.7 Å². The number of halogens is 3. The van der Waals surface area contributed by atoms with Crippen molar-refractivity contribution in [2.45, 2.75) is 44.1 Å². The Balaban J connectivity index is 0.000000638. The fourth-order valence-corrected chi connectivity index (χ4v) is 3.19. The van der Waals surface area contributed by atoms with Crippen molar-refractivity contribution in [3.05, 3.63) is 66.2 Å². The van der Waals surface area contributed by atoms with E-state index < -0.39 is 48.1 Å². The average molecular weight is 537 g/mol. The van der Waals surface area contributed by atoms with E-state index in [1.165, 1.54) is 13.3 Å². The van der Waals surface area contributed by atoms with E-state index in [0.717, 1.165) is 16.3 Å². The first-order valence-electron chi connectivity index (χ1n) is 11.1. The van der Waals surface area contributed by atoms with Crippen LogP contribution in [-0.4, -0.2) is 68.2 Å². The van der Waals surface area contributed by atoms with E-state index in [1.807, 2.05) is 42.5 Å². The molecule has 3 atom stereocenters. The maximum Gasteiger partial charge on any atom is 0.490 e. The Bertz CT molecular complexity index is 1270. The molecule has 0 bridgehead atoms. The summed E-state index contributed by atoms with van der Waals surface area (Å²) in [5, 5.41) is 23.4. The second-order valence-corrected chi connectivity index (χ2v) is 8.21. The van der Waals surface area contributed by atoms with Gasteiger partial charge in [0.05, 0.1) is 12.4 Å². The van der Waals surface area contributed by atoms with Gasteiger partial charge in [0, 0.05) is 24.7 Å². The second kappa shape index (κ2) is 13.2. The number of nitrogens with two attached hydrogens (primary N) is 1. The van der Waals surface area contributed by atoms with Gasteiger partial charge in [0.15, 0.2) is 0 Å². The predicted octanol–water partition coefficient (Wildman–Crippen LogP) is 1.38. The molecule has 0 saturated carbocycles. The SMILES string of the molecule is C[C@H](NC(=O)[C@@H](Cc1ccc2ccccc2c1)NC(=O)[C@@H](N)Cc1cnc[nH]1)C(=O)O.O=C(O)C(F)(F)F. The summed E-state index contributed by atoms with van der Waals surface area (Å²) < 4.78 is 31.7. The largest absolute Gasteiger partial charge is 0.490 e. The number of hydrogen-bond acceptors (Lipinski definition) is 6. The number of aliphatic carboxylic acids is 2. The first kappa shape index (κ1) is 29.8. The molecule has 2 amide bonds. The molecule has 0 aliphatic heterocycles. The van der Waals surface area contributed by atoms with Crippen LogP contribution in [0.15, 0.2) is 55.0 Å². The van der Waals surface area contributed by atoms with Gasteiger partial charge in [-0.25, -0.2) is 9.78 Å². The standard InChI is InChI=1S/C22H25N5O4.C2HF3O2/c1-13(22(30)31)26-21(29)19(27-20(28)18(23)10-17-11-24-12-25-17)9-14-6-7-15-4-2-3-5-16(15)8-14;3-2(4,5)1(6)7/h2-8,11-13,18-19H,9-10,23H2,1H3,(H,24,25)(H,26,29)(H,27,28)(H,30,31);(H,6,7)/t13-,18-,19+;/m0./s1. The number of aromatic nitrogens is 2. The van der Waals surface area contributed by atoms with E-state index in [-0.39, 0.29) is 12.8 Å². The van der Waals surface area contributed by atoms with Gasteiger partial charge in [-0.3, -0.25) is 14.4 Å². The summed E-state index contributed by atoms with van der Waals surface area (Å²) in [6.45, 7) is 1.36. The van der Waals surface area contributed by atoms with E-state index >= 15 is 0 Å². The molecule has 0 unspecified atom stereocenters. The van der Waals surface area contributed by atoms with Crippen LogP contribution in [0.4, 0.5) is 13.2 Å². The summed E-state index contributed by atoms with van der Waals surface area (Å²) in [6.07, 6.45) is -1.61. The number of hydrogen-bond donors (Lipinski definition) is 6. The number of H-pyrrole nitrogens is 1. The first-order chi connectivity index (χ1) is 17.8. The molecule has 38 heavy (non-hydrogen) atoms. The van der Waals surface area contributed by atoms with Crippen LogP contribution in [0, 0.1) is 0 Å². The van der Waals surface area contributed by atoms with Crippen molar-refractivity contribution in [2.75, 3.05) is 0 Å². The number of carbonyl (C=O) groups excluding carboxylic acids is 2. The molecule has 0 aliphatic carbocycles. The summed E-state index contributed by atoms with van der Waals surface area (Å²) in [7, 11) is 0. The van der Waals surface area contributed by atoms with Gasteiger partial charge in [0.1, 0.15) is 12.1 Å². The quantitative estimate of drug-likeness (QED) is 0.236. The highest BCUT2D eigenvalue weighted by molar-refractivity contribution is 5.92. The predicted molar refractivity (Wildman–Crippen MR) is 129 cm³/mol. The number of benzene rings is 2. The summed E-state index contributed by atoms with van der Waals surface area (Å²) in [5.41, 5.74) is 7.50. The highest BCUT2D eigenvalue weighted by atomic mass is 19.4. The smallest absolute Gasteiger partial charge is 0.480 e. The van der Waals surface area contributed by atoms with Gasteiger partial charge in [-0.1, -0.05) is 42.5 Å². The molecule has 0 radical (unpaired) electrons. The number of nitrogens with zero attached hydrogens (tertiary/aromatic N) is 1. The van der Waals surface area contributed by atoms with Crippen molar-refractivity contribution in [1.82, 2.24) is 20.6 Å². The van der Waals surface area contributed by atoms with Gasteiger partial charge in [-0.15, -0.1) is 0 Å². The minimum atomic E-state index is -5.08. The third-order valence-corrected chi connectivity index (χ3v) is 5.19. The van der Waals surface area contributed by atoms with Crippen molar-refractivity contribution < 1.29 is 42.6 Å². The molecule has 0 fully saturated rings. The number of amides is 2. The molecule has 3 aromatic rings. The fraction of sp³-hybridized carbons (Fsp3) is 0.292. The number of carbonyl (C=O) groups is 4. The molecule has 1 heterocycles. The van der Waals surface area contributed by atoms with Crippen molar-refractivity contribution in [1.29, 1.82) is 0 Å². The zero-order valence-corrected chi connectivity index (χ0v) is 20.0. The van der Waals surface area contributed by atoms with Crippen LogP contribution in [0.25, 0.3) is 10.8 Å². The van der Waals surface area contributed by atoms with Crippen molar-refractivity contribution in [3.63, 3.8) is 0 Å². The third kappa shape index (κ3) is 9.20. The molecule has 3 rings (SSSR count). The van der Waals surface area contributed by atoms with Gasteiger partial charge in [0.25, 0.3) is 0 Å². The molecule has 1 aromatic heterocycles. The fourth-order valence-electron chi connectivity index (χ4n) is 3.19. The summed E-state index contributed by atoms with van der Waals surface area (Å²) >= 11 is 0. The van der Waals surface area contributed by atoms with E-state index in [2.05, 4.69) is 20.6 Å². The molecule has 0 saturated heterocycles. The van der Waals surface area contributed by atoms with Crippen LogP contribution in [-0.2, 0) is 32.0 Å². The van der Waals surface area contributed by atoms with Gasteiger partial charge >= 0.3 is 18.1 Å². The number of aromatic amines is 1. The Morgan fingerprint density at radius 2 is 1.63 bits per heavy atom. The van der Waals surface area contributed by atoms with Crippen molar-refractivity contribution >= 4 is 34.5 Å². The number of carboxylic acid groups (broad SMARTS) is 2. The Morgan fingerprint density at radius 1 is 1.00 bits per heavy atom. The number of rotatable bonds is 9. The van der Waals surface area contributed by atoms with E-state index in [1.54, 1.807) is 6.20 Å². The molecule has 7 N–H and O–H groups in total. The van der Waals surface area contributed by atoms with Crippen molar-refractivity contribution in [3.8, 4) is 0 Å². The van der Waals surface area contributed by atoms with Crippen LogP contribution in [0.5, 0.6) is 0 Å². The van der Waals surface area contributed by atoms with Gasteiger partial charge in [-0.05, 0) is 23.3 Å². The topological polar surface area (TPSA) is 187 Å². The van der Waals surface area contributed by atoms with E-state index in [0.29, 0.717) is 5.69 Å². The number of carboxylic acids is 2. The second-order valence-electron chi connectivity index (χ2n) is 8.21. The molecular formula is C24H26F3N5O6. The monoisotopic (exact) mass is 537 g/mol. The minimum absolute atomic E-state index is 0.186. The zero-order valence-electron chi connectivity index (χ0n) is 20.0. The molecular weight excluding hydrogens is 511 g/mol. The summed E-state index contributed by atoms with van der Waals surface area (Å²) in [5.74, 6) is -5.03. The molecule has 14 heteroatoms. The zero-order chi connectivity index (χ0) is 28.5. The normalized spacial score (nSPS) is 13.4. The summed E-state index contributed by atoms with van der Waals surface area (Å²) in [4.78, 5) is 52.2. The Morgan fingerprint density at radius 3 is 2.18 bits per heavy atom. The number of fused-ring (bicyclic) bond motifs is 1. The maximum atomic E-state index is 12.8. The van der Waals surface area contributed by atoms with Crippen LogP contribution in [0.2, 0.25) is 0 Å². The summed E-state index contributed by atoms with van der Waals surface area (Å²) in [6, 6.07) is 10.6. The lowest BCUT2D eigenvalue weighted by Gasteiger charge is -2.22. The van der Waals surface area contributed by atoms with Crippen LogP contribution in [0.3, 0.4) is 0 Å². The molecule has 2 aromatic carbocycles. The number of imidazole rings is 1. The van der Waals surface area contributed by atoms with Crippen LogP contribution >= 0.6 is 0 Å². The van der Waals surface area contributed by atoms with Crippen molar-refractivity contribution in [2.24, 2.45) is 5.73 Å². The van der Waals surface area contributed by atoms with Gasteiger partial charge in [-0.2, -0.15) is 13.2 Å². The lowest BCUT2D eigenvalue weighted by atomic mass is 10.0. The lowest BCUT2D eigenvalue weighted by Crippen LogP contribution is -2.55. The third-order valence-electron chi connectivity index (χ3n) is 5.19. The van der Waals surface area contributed by atoms with Crippen LogP contribution < -0.4 is 16.4 Å². The Hall–Kier alpha value is -4.46. The molecule has 11 nitrogen and oxygen atoms in total. The maximum absolute atomic E-state index is 12.8. The molecule has 0 aliphatic rings. The highest BCUT2D eigenvalue weighted by Gasteiger charge is 2.38. The minimum Gasteiger partial charge on any atom is -0.480 e. The number of nitrogens with one attached hydrogen (secondary N) is 3. The lowest BCUT2D eigenvalue weighted by molar-refractivity contribution is -0.192. The van der Waals surface area contributed by atoms with Gasteiger partial charge in [0.2, 0.25) is 11.8 Å². The average Bonchev–Trinajstić information content (AvgIpc) is 3.36. The van der Waals surface area contributed by atoms with Crippen LogP contribution in [0.1, 0.15) is 18.2 Å². The Labute approximate surface area is 214 Å². The van der Waals surface area contributed by atoms with Gasteiger partial charge < -0.3 is 31.6 Å².